The first-order valence-corrected chi connectivity index (χ1v) is 7.28. The average molecular weight is 306 g/mol. The molecule has 0 fully saturated rings. The van der Waals surface area contributed by atoms with E-state index in [1.165, 1.54) is 4.88 Å². The second kappa shape index (κ2) is 4.79. The van der Waals surface area contributed by atoms with Gasteiger partial charge in [-0.25, -0.2) is 4.98 Å². The van der Waals surface area contributed by atoms with Gasteiger partial charge in [-0.2, -0.15) is 12.6 Å². The molecule has 0 aliphatic carbocycles. The fourth-order valence-corrected chi connectivity index (χ4v) is 3.67. The van der Waals surface area contributed by atoms with Gasteiger partial charge in [0.1, 0.15) is 5.01 Å². The van der Waals surface area contributed by atoms with E-state index in [-0.39, 0.29) is 0 Å². The third-order valence-electron chi connectivity index (χ3n) is 1.70. The van der Waals surface area contributed by atoms with E-state index in [0.717, 1.165) is 27.3 Å². The number of thiol groups is 1. The van der Waals surface area contributed by atoms with Gasteiger partial charge in [0.2, 0.25) is 0 Å². The van der Waals surface area contributed by atoms with Crippen LogP contribution in [0.2, 0.25) is 0 Å². The summed E-state index contributed by atoms with van der Waals surface area (Å²) < 4.78 is 1.13. The zero-order valence-electron chi connectivity index (χ0n) is 7.24. The van der Waals surface area contributed by atoms with Gasteiger partial charge < -0.3 is 0 Å². The Balaban J connectivity index is 2.24. The maximum absolute atomic E-state index is 4.54. The summed E-state index contributed by atoms with van der Waals surface area (Å²) in [5.74, 6) is 0.858. The van der Waals surface area contributed by atoms with Gasteiger partial charge in [-0.1, -0.05) is 0 Å². The molecule has 5 heteroatoms. The summed E-state index contributed by atoms with van der Waals surface area (Å²) in [7, 11) is 0. The molecule has 2 heterocycles. The van der Waals surface area contributed by atoms with Crippen LogP contribution in [-0.4, -0.2) is 10.7 Å². The lowest BCUT2D eigenvalue weighted by molar-refractivity contribution is 1.08. The van der Waals surface area contributed by atoms with Crippen molar-refractivity contribution >= 4 is 51.2 Å². The molecule has 0 saturated heterocycles. The van der Waals surface area contributed by atoms with E-state index in [4.69, 9.17) is 0 Å². The van der Waals surface area contributed by atoms with Crippen molar-refractivity contribution in [3.8, 4) is 9.88 Å². The number of hydrogen-bond acceptors (Lipinski definition) is 4. The van der Waals surface area contributed by atoms with Crippen LogP contribution >= 0.6 is 51.2 Å². The summed E-state index contributed by atoms with van der Waals surface area (Å²) in [6.45, 7) is 0. The summed E-state index contributed by atoms with van der Waals surface area (Å²) >= 11 is 11.1. The molecule has 14 heavy (non-hydrogen) atoms. The number of aryl methyl sites for hydroxylation is 1. The van der Waals surface area contributed by atoms with Crippen LogP contribution in [-0.2, 0) is 6.42 Å². The maximum Gasteiger partial charge on any atom is 0.133 e. The zero-order chi connectivity index (χ0) is 9.97. The van der Waals surface area contributed by atoms with E-state index >= 15 is 0 Å². The average Bonchev–Trinajstić information content (AvgIpc) is 2.74. The molecule has 0 saturated carbocycles. The lowest BCUT2D eigenvalue weighted by Gasteiger charge is -1.88. The van der Waals surface area contributed by atoms with E-state index in [1.54, 1.807) is 22.7 Å². The van der Waals surface area contributed by atoms with Crippen molar-refractivity contribution in [1.29, 1.82) is 0 Å². The van der Waals surface area contributed by atoms with Crippen LogP contribution in [0.3, 0.4) is 0 Å². The molecule has 0 atom stereocenters. The molecule has 2 aromatic heterocycles. The monoisotopic (exact) mass is 305 g/mol. The SMILES string of the molecule is SCCc1csc(-c2cc(Br)cs2)n1. The van der Waals surface area contributed by atoms with E-state index in [1.807, 2.05) is 0 Å². The quantitative estimate of drug-likeness (QED) is 0.842. The number of rotatable bonds is 3. The first-order chi connectivity index (χ1) is 6.79. The first-order valence-electron chi connectivity index (χ1n) is 4.09. The lowest BCUT2D eigenvalue weighted by atomic mass is 10.4. The smallest absolute Gasteiger partial charge is 0.133 e. The number of hydrogen-bond donors (Lipinski definition) is 1. The highest BCUT2D eigenvalue weighted by Crippen LogP contribution is 2.31. The Morgan fingerprint density at radius 2 is 2.21 bits per heavy atom. The molecule has 0 aliphatic rings. The van der Waals surface area contributed by atoms with Crippen LogP contribution in [0.4, 0.5) is 0 Å². The van der Waals surface area contributed by atoms with Crippen molar-refractivity contribution in [1.82, 2.24) is 4.98 Å². The van der Waals surface area contributed by atoms with Gasteiger partial charge in [-0.05, 0) is 34.2 Å². The zero-order valence-corrected chi connectivity index (χ0v) is 11.3. The summed E-state index contributed by atoms with van der Waals surface area (Å²) in [6.07, 6.45) is 0.951. The van der Waals surface area contributed by atoms with E-state index in [9.17, 15) is 0 Å². The largest absolute Gasteiger partial charge is 0.240 e. The Morgan fingerprint density at radius 3 is 2.86 bits per heavy atom. The normalized spacial score (nSPS) is 10.7. The van der Waals surface area contributed by atoms with Crippen molar-refractivity contribution in [2.75, 3.05) is 5.75 Å². The van der Waals surface area contributed by atoms with Crippen LogP contribution in [0.25, 0.3) is 9.88 Å². The third-order valence-corrected chi connectivity index (χ3v) is 4.67. The third kappa shape index (κ3) is 2.39. The van der Waals surface area contributed by atoms with Crippen molar-refractivity contribution in [3.63, 3.8) is 0 Å². The molecule has 1 nitrogen and oxygen atoms in total. The van der Waals surface area contributed by atoms with E-state index in [2.05, 4.69) is 50.4 Å². The predicted octanol–water partition coefficient (Wildman–Crippen LogP) is 4.11. The van der Waals surface area contributed by atoms with Crippen molar-refractivity contribution in [2.45, 2.75) is 6.42 Å². The molecule has 0 unspecified atom stereocenters. The number of aromatic nitrogens is 1. The number of halogens is 1. The van der Waals surface area contributed by atoms with Crippen LogP contribution in [0.1, 0.15) is 5.69 Å². The molecule has 0 bridgehead atoms. The first kappa shape index (κ1) is 10.7. The standard InChI is InChI=1S/C9H8BrNS3/c10-6-3-8(13-4-6)9-11-7(1-2-12)5-14-9/h3-5,12H,1-2H2. The van der Waals surface area contributed by atoms with Gasteiger partial charge in [0.25, 0.3) is 0 Å². The molecular formula is C9H8BrNS3. The molecule has 0 spiro atoms. The molecular weight excluding hydrogens is 298 g/mol. The van der Waals surface area contributed by atoms with Crippen LogP contribution < -0.4 is 0 Å². The summed E-state index contributed by atoms with van der Waals surface area (Å²) in [6, 6.07) is 2.11. The predicted molar refractivity (Wildman–Crippen MR) is 70.7 cm³/mol. The Hall–Kier alpha value is 0.160. The second-order valence-electron chi connectivity index (χ2n) is 2.75. The molecule has 2 aromatic rings. The lowest BCUT2D eigenvalue weighted by Crippen LogP contribution is -1.84. The molecule has 0 N–H and O–H groups in total. The van der Waals surface area contributed by atoms with Crippen molar-refractivity contribution in [2.24, 2.45) is 0 Å². The summed E-state index contributed by atoms with van der Waals surface area (Å²) in [5.41, 5.74) is 1.14. The molecule has 0 radical (unpaired) electrons. The Morgan fingerprint density at radius 1 is 1.36 bits per heavy atom. The molecule has 0 aliphatic heterocycles. The minimum absolute atomic E-state index is 0.858. The van der Waals surface area contributed by atoms with Crippen molar-refractivity contribution in [3.05, 3.63) is 27.0 Å². The number of thiophene rings is 1. The number of nitrogens with zero attached hydrogens (tertiary/aromatic N) is 1. The molecule has 0 amide bonds. The highest BCUT2D eigenvalue weighted by molar-refractivity contribution is 9.10. The number of thiazole rings is 1. The van der Waals surface area contributed by atoms with E-state index < -0.39 is 0 Å². The Labute approximate surface area is 105 Å². The van der Waals surface area contributed by atoms with Crippen LogP contribution in [0.15, 0.2) is 21.3 Å². The van der Waals surface area contributed by atoms with Gasteiger partial charge in [0.15, 0.2) is 0 Å². The minimum atomic E-state index is 0.858. The highest BCUT2D eigenvalue weighted by Gasteiger charge is 2.06. The second-order valence-corrected chi connectivity index (χ2v) is 5.88. The fraction of sp³-hybridized carbons (Fsp3) is 0.222. The van der Waals surface area contributed by atoms with Gasteiger partial charge in [-0.15, -0.1) is 22.7 Å². The molecule has 2 rings (SSSR count). The highest BCUT2D eigenvalue weighted by atomic mass is 79.9. The Kier molecular flexibility index (Phi) is 3.65. The summed E-state index contributed by atoms with van der Waals surface area (Å²) in [5, 5.41) is 5.30. The molecule has 0 aromatic carbocycles. The van der Waals surface area contributed by atoms with Gasteiger partial charge in [0, 0.05) is 15.2 Å². The van der Waals surface area contributed by atoms with Crippen LogP contribution in [0.5, 0.6) is 0 Å². The Bertz CT molecular complexity index is 421. The van der Waals surface area contributed by atoms with Gasteiger partial charge in [-0.3, -0.25) is 0 Å². The maximum atomic E-state index is 4.54. The topological polar surface area (TPSA) is 12.9 Å². The van der Waals surface area contributed by atoms with Gasteiger partial charge >= 0.3 is 0 Å². The molecule has 74 valence electrons. The van der Waals surface area contributed by atoms with Gasteiger partial charge in [0.05, 0.1) is 10.6 Å². The minimum Gasteiger partial charge on any atom is -0.240 e. The van der Waals surface area contributed by atoms with Crippen molar-refractivity contribution < 1.29 is 0 Å². The fourth-order valence-electron chi connectivity index (χ4n) is 1.07. The summed E-state index contributed by atoms with van der Waals surface area (Å²) in [4.78, 5) is 5.77. The van der Waals surface area contributed by atoms with E-state index in [0.29, 0.717) is 0 Å². The van der Waals surface area contributed by atoms with Crippen LogP contribution in [0, 0.1) is 0 Å².